The molecule has 4 heteroatoms. The summed E-state index contributed by atoms with van der Waals surface area (Å²) in [5, 5.41) is 0. The van der Waals surface area contributed by atoms with E-state index >= 15 is 0 Å². The van der Waals surface area contributed by atoms with Gasteiger partial charge in [0, 0.05) is 0 Å². The zero-order chi connectivity index (χ0) is 8.39. The number of nitrogen functional groups attached to an aromatic ring is 1. The first-order chi connectivity index (χ1) is 5.84. The summed E-state index contributed by atoms with van der Waals surface area (Å²) < 4.78 is 5.36. The zero-order valence-corrected chi connectivity index (χ0v) is 6.73. The molecule has 1 aliphatic rings. The van der Waals surface area contributed by atoms with E-state index in [0.29, 0.717) is 11.7 Å². The summed E-state index contributed by atoms with van der Waals surface area (Å²) in [6.45, 7) is 0.748. The fourth-order valence-corrected chi connectivity index (χ4v) is 0.920. The quantitative estimate of drug-likeness (QED) is 0.721. The van der Waals surface area contributed by atoms with Gasteiger partial charge in [0.25, 0.3) is 0 Å². The molecule has 1 fully saturated rings. The Bertz CT molecular complexity index is 273. The van der Waals surface area contributed by atoms with Crippen molar-refractivity contribution in [3.63, 3.8) is 0 Å². The Labute approximate surface area is 70.8 Å². The van der Waals surface area contributed by atoms with E-state index in [1.54, 1.807) is 6.20 Å². The molecule has 1 aromatic heterocycles. The first-order valence-electron chi connectivity index (χ1n) is 4.05. The van der Waals surface area contributed by atoms with Crippen molar-refractivity contribution in [3.05, 3.63) is 12.4 Å². The van der Waals surface area contributed by atoms with Gasteiger partial charge < -0.3 is 10.5 Å². The maximum Gasteiger partial charge on any atom is 0.234 e. The Morgan fingerprint density at radius 1 is 1.50 bits per heavy atom. The summed E-state index contributed by atoms with van der Waals surface area (Å²) >= 11 is 0. The minimum absolute atomic E-state index is 0.406. The topological polar surface area (TPSA) is 61.0 Å². The van der Waals surface area contributed by atoms with Crippen molar-refractivity contribution in [2.24, 2.45) is 5.92 Å². The van der Waals surface area contributed by atoms with Gasteiger partial charge in [-0.05, 0) is 18.8 Å². The highest BCUT2D eigenvalue weighted by Crippen LogP contribution is 2.29. The van der Waals surface area contributed by atoms with Crippen molar-refractivity contribution in [2.45, 2.75) is 12.8 Å². The van der Waals surface area contributed by atoms with Crippen LogP contribution in [0.1, 0.15) is 12.8 Å². The molecule has 2 N–H and O–H groups in total. The second-order valence-corrected chi connectivity index (χ2v) is 3.04. The largest absolute Gasteiger partial charge is 0.476 e. The first kappa shape index (κ1) is 7.34. The second-order valence-electron chi connectivity index (χ2n) is 3.04. The van der Waals surface area contributed by atoms with E-state index in [1.807, 2.05) is 0 Å². The summed E-state index contributed by atoms with van der Waals surface area (Å²) in [5.41, 5.74) is 5.43. The minimum Gasteiger partial charge on any atom is -0.476 e. The number of hydrogen-bond acceptors (Lipinski definition) is 4. The Hall–Kier alpha value is -1.32. The normalized spacial score (nSPS) is 16.0. The third-order valence-electron chi connectivity index (χ3n) is 1.79. The summed E-state index contributed by atoms with van der Waals surface area (Å²) in [5.74, 6) is 1.67. The van der Waals surface area contributed by atoms with Gasteiger partial charge in [-0.1, -0.05) is 0 Å². The molecule has 64 valence electrons. The van der Waals surface area contributed by atoms with E-state index in [1.165, 1.54) is 19.0 Å². The Morgan fingerprint density at radius 2 is 2.33 bits per heavy atom. The molecule has 0 unspecified atom stereocenters. The van der Waals surface area contributed by atoms with Gasteiger partial charge in [0.15, 0.2) is 0 Å². The number of nitrogens with zero attached hydrogens (tertiary/aromatic N) is 2. The van der Waals surface area contributed by atoms with Crippen LogP contribution in [0.2, 0.25) is 0 Å². The standard InChI is InChI=1S/C8H11N3O/c9-7-3-10-4-8(11-7)12-5-6-1-2-6/h3-4,6H,1-2,5H2,(H2,9,11). The monoisotopic (exact) mass is 165 g/mol. The van der Waals surface area contributed by atoms with Gasteiger partial charge in [-0.25, -0.2) is 0 Å². The van der Waals surface area contributed by atoms with Crippen LogP contribution in [-0.2, 0) is 0 Å². The number of nitrogens with two attached hydrogens (primary N) is 1. The maximum absolute atomic E-state index is 5.43. The fourth-order valence-electron chi connectivity index (χ4n) is 0.920. The molecular weight excluding hydrogens is 154 g/mol. The van der Waals surface area contributed by atoms with Crippen LogP contribution in [0.15, 0.2) is 12.4 Å². The van der Waals surface area contributed by atoms with E-state index in [0.717, 1.165) is 12.5 Å². The third kappa shape index (κ3) is 1.84. The van der Waals surface area contributed by atoms with Gasteiger partial charge >= 0.3 is 0 Å². The predicted octanol–water partition coefficient (Wildman–Crippen LogP) is 0.848. The van der Waals surface area contributed by atoms with Crippen molar-refractivity contribution < 1.29 is 4.74 Å². The van der Waals surface area contributed by atoms with Crippen LogP contribution < -0.4 is 10.5 Å². The average molecular weight is 165 g/mol. The van der Waals surface area contributed by atoms with Crippen LogP contribution in [0.4, 0.5) is 5.82 Å². The number of rotatable bonds is 3. The predicted molar refractivity (Wildman–Crippen MR) is 44.7 cm³/mol. The van der Waals surface area contributed by atoms with Gasteiger partial charge in [-0.15, -0.1) is 0 Å². The molecule has 4 nitrogen and oxygen atoms in total. The molecule has 1 saturated carbocycles. The Morgan fingerprint density at radius 3 is 3.00 bits per heavy atom. The fraction of sp³-hybridized carbons (Fsp3) is 0.500. The van der Waals surface area contributed by atoms with Crippen molar-refractivity contribution >= 4 is 5.82 Å². The number of ether oxygens (including phenoxy) is 1. The minimum atomic E-state index is 0.406. The molecule has 12 heavy (non-hydrogen) atoms. The van der Waals surface area contributed by atoms with E-state index in [2.05, 4.69) is 9.97 Å². The lowest BCUT2D eigenvalue weighted by molar-refractivity contribution is 0.287. The van der Waals surface area contributed by atoms with Crippen molar-refractivity contribution in [1.82, 2.24) is 9.97 Å². The lowest BCUT2D eigenvalue weighted by Crippen LogP contribution is -2.02. The first-order valence-corrected chi connectivity index (χ1v) is 4.05. The van der Waals surface area contributed by atoms with Gasteiger partial charge in [0.2, 0.25) is 5.88 Å². The van der Waals surface area contributed by atoms with Crippen molar-refractivity contribution in [3.8, 4) is 5.88 Å². The highest BCUT2D eigenvalue weighted by Gasteiger charge is 2.22. The highest BCUT2D eigenvalue weighted by atomic mass is 16.5. The van der Waals surface area contributed by atoms with Gasteiger partial charge in [0.1, 0.15) is 5.82 Å². The van der Waals surface area contributed by atoms with E-state index in [4.69, 9.17) is 10.5 Å². The highest BCUT2D eigenvalue weighted by molar-refractivity contribution is 5.25. The molecule has 0 radical (unpaired) electrons. The van der Waals surface area contributed by atoms with E-state index < -0.39 is 0 Å². The lowest BCUT2D eigenvalue weighted by atomic mass is 10.5. The molecule has 0 bridgehead atoms. The molecule has 0 amide bonds. The molecule has 0 saturated heterocycles. The van der Waals surface area contributed by atoms with Crippen LogP contribution >= 0.6 is 0 Å². The molecular formula is C8H11N3O. The molecule has 1 aromatic rings. The molecule has 0 atom stereocenters. The maximum atomic E-state index is 5.43. The Balaban J connectivity index is 1.92. The number of anilines is 1. The summed E-state index contributed by atoms with van der Waals surface area (Å²) in [6, 6.07) is 0. The van der Waals surface area contributed by atoms with Crippen LogP contribution in [-0.4, -0.2) is 16.6 Å². The smallest absolute Gasteiger partial charge is 0.234 e. The Kier molecular flexibility index (Phi) is 1.81. The molecule has 1 heterocycles. The van der Waals surface area contributed by atoms with Crippen molar-refractivity contribution in [1.29, 1.82) is 0 Å². The lowest BCUT2D eigenvalue weighted by Gasteiger charge is -2.02. The number of hydrogen-bond donors (Lipinski definition) is 1. The van der Waals surface area contributed by atoms with E-state index in [-0.39, 0.29) is 0 Å². The average Bonchev–Trinajstić information content (AvgIpc) is 2.84. The van der Waals surface area contributed by atoms with Crippen molar-refractivity contribution in [2.75, 3.05) is 12.3 Å². The SMILES string of the molecule is Nc1cncc(OCC2CC2)n1. The summed E-state index contributed by atoms with van der Waals surface area (Å²) in [4.78, 5) is 7.84. The molecule has 0 aromatic carbocycles. The van der Waals surface area contributed by atoms with Gasteiger partial charge in [0.05, 0.1) is 19.0 Å². The molecule has 0 spiro atoms. The molecule has 1 aliphatic carbocycles. The summed E-state index contributed by atoms with van der Waals surface area (Å²) in [6.07, 6.45) is 5.63. The van der Waals surface area contributed by atoms with Crippen LogP contribution in [0, 0.1) is 5.92 Å². The van der Waals surface area contributed by atoms with Crippen LogP contribution in [0.25, 0.3) is 0 Å². The van der Waals surface area contributed by atoms with Crippen LogP contribution in [0.3, 0.4) is 0 Å². The number of aromatic nitrogens is 2. The van der Waals surface area contributed by atoms with E-state index in [9.17, 15) is 0 Å². The second kappa shape index (κ2) is 2.97. The third-order valence-corrected chi connectivity index (χ3v) is 1.79. The molecule has 2 rings (SSSR count). The van der Waals surface area contributed by atoms with Gasteiger partial charge in [-0.3, -0.25) is 4.98 Å². The molecule has 0 aliphatic heterocycles. The zero-order valence-electron chi connectivity index (χ0n) is 6.73. The van der Waals surface area contributed by atoms with Crippen LogP contribution in [0.5, 0.6) is 5.88 Å². The van der Waals surface area contributed by atoms with Gasteiger partial charge in [-0.2, -0.15) is 4.98 Å². The summed E-state index contributed by atoms with van der Waals surface area (Å²) in [7, 11) is 0.